The largest absolute Gasteiger partial charge is 0.349 e. The molecule has 2 unspecified atom stereocenters. The van der Waals surface area contributed by atoms with Gasteiger partial charge < -0.3 is 5.32 Å². The molecular formula is C20H20F2N4O. The Morgan fingerprint density at radius 2 is 1.85 bits per heavy atom. The maximum atomic E-state index is 13.7. The van der Waals surface area contributed by atoms with Crippen LogP contribution >= 0.6 is 0 Å². The second-order valence-corrected chi connectivity index (χ2v) is 6.83. The van der Waals surface area contributed by atoms with Crippen molar-refractivity contribution in [1.29, 1.82) is 0 Å². The van der Waals surface area contributed by atoms with Gasteiger partial charge in [0.1, 0.15) is 0 Å². The molecule has 1 fully saturated rings. The molecule has 3 atom stereocenters. The van der Waals surface area contributed by atoms with Crippen LogP contribution in [0.1, 0.15) is 43.0 Å². The Morgan fingerprint density at radius 1 is 1.15 bits per heavy atom. The zero-order chi connectivity index (χ0) is 19.4. The lowest BCUT2D eigenvalue weighted by Gasteiger charge is -2.25. The summed E-state index contributed by atoms with van der Waals surface area (Å²) < 4.78 is 27.0. The highest BCUT2D eigenvalue weighted by Gasteiger charge is 2.42. The molecule has 0 spiro atoms. The number of carbonyl (C=O) groups excluding carboxylic acids is 1. The minimum atomic E-state index is -1.03. The lowest BCUT2D eigenvalue weighted by molar-refractivity contribution is -0.127. The molecule has 3 rings (SSSR count). The number of hydrogen-bond acceptors (Lipinski definition) is 2. The summed E-state index contributed by atoms with van der Waals surface area (Å²) in [5.74, 6) is -2.84. The normalized spacial score (nSPS) is 16.7. The number of halogens is 2. The van der Waals surface area contributed by atoms with Crippen molar-refractivity contribution in [2.75, 3.05) is 0 Å². The minimum absolute atomic E-state index is 0.0524. The molecule has 1 aliphatic carbocycles. The molecule has 0 saturated heterocycles. The van der Waals surface area contributed by atoms with Crippen molar-refractivity contribution in [1.82, 2.24) is 5.32 Å². The molecule has 1 amide bonds. The van der Waals surface area contributed by atoms with Crippen LogP contribution in [-0.4, -0.2) is 5.91 Å². The van der Waals surface area contributed by atoms with Crippen molar-refractivity contribution in [3.05, 3.63) is 81.7 Å². The Bertz CT molecular complexity index is 864. The van der Waals surface area contributed by atoms with E-state index in [0.29, 0.717) is 5.56 Å². The van der Waals surface area contributed by atoms with Gasteiger partial charge >= 0.3 is 0 Å². The van der Waals surface area contributed by atoms with E-state index in [1.165, 1.54) is 6.07 Å². The first-order chi connectivity index (χ1) is 13.0. The van der Waals surface area contributed by atoms with Gasteiger partial charge in [0.15, 0.2) is 11.6 Å². The van der Waals surface area contributed by atoms with E-state index in [-0.39, 0.29) is 17.9 Å². The third-order valence-electron chi connectivity index (χ3n) is 4.89. The van der Waals surface area contributed by atoms with Gasteiger partial charge in [-0.2, -0.15) is 0 Å². The maximum absolute atomic E-state index is 13.7. The number of carbonyl (C=O) groups is 1. The molecule has 1 aliphatic rings. The number of rotatable bonds is 7. The Balaban J connectivity index is 1.86. The van der Waals surface area contributed by atoms with Crippen LogP contribution in [0, 0.1) is 23.5 Å². The van der Waals surface area contributed by atoms with Crippen LogP contribution in [0.25, 0.3) is 10.4 Å². The first-order valence-corrected chi connectivity index (χ1v) is 8.85. The van der Waals surface area contributed by atoms with E-state index in [1.807, 2.05) is 37.3 Å². The Hall–Kier alpha value is -2.92. The molecule has 140 valence electrons. The summed E-state index contributed by atoms with van der Waals surface area (Å²) in [7, 11) is 0. The SMILES string of the molecule is C[C@@H](NC(=O)C(C1CC1)C(N=[N+]=[N-])c1ccc(F)c(F)c1)c1ccccc1. The van der Waals surface area contributed by atoms with Crippen molar-refractivity contribution < 1.29 is 13.6 Å². The first-order valence-electron chi connectivity index (χ1n) is 8.85. The predicted molar refractivity (Wildman–Crippen MR) is 97.5 cm³/mol. The Kier molecular flexibility index (Phi) is 5.72. The molecule has 1 saturated carbocycles. The van der Waals surface area contributed by atoms with Crippen LogP contribution < -0.4 is 5.32 Å². The summed E-state index contributed by atoms with van der Waals surface area (Å²) in [6.07, 6.45) is 1.66. The van der Waals surface area contributed by atoms with Crippen molar-refractivity contribution in [3.63, 3.8) is 0 Å². The van der Waals surface area contributed by atoms with Crippen molar-refractivity contribution in [2.24, 2.45) is 17.0 Å². The fourth-order valence-corrected chi connectivity index (χ4v) is 3.30. The second-order valence-electron chi connectivity index (χ2n) is 6.83. The van der Waals surface area contributed by atoms with E-state index in [2.05, 4.69) is 15.3 Å². The molecule has 0 bridgehead atoms. The molecule has 1 N–H and O–H groups in total. The fraction of sp³-hybridized carbons (Fsp3) is 0.350. The second kappa shape index (κ2) is 8.18. The average molecular weight is 370 g/mol. The van der Waals surface area contributed by atoms with Crippen molar-refractivity contribution in [2.45, 2.75) is 31.8 Å². The summed E-state index contributed by atoms with van der Waals surface area (Å²) in [6.45, 7) is 1.87. The van der Waals surface area contributed by atoms with Gasteiger partial charge in [0.2, 0.25) is 5.91 Å². The van der Waals surface area contributed by atoms with Gasteiger partial charge in [0, 0.05) is 4.91 Å². The predicted octanol–water partition coefficient (Wildman–Crippen LogP) is 5.22. The van der Waals surface area contributed by atoms with E-state index in [9.17, 15) is 13.6 Å². The number of nitrogens with one attached hydrogen (secondary N) is 1. The monoisotopic (exact) mass is 370 g/mol. The van der Waals surface area contributed by atoms with Gasteiger partial charge in [-0.15, -0.1) is 0 Å². The lowest BCUT2D eigenvalue weighted by atomic mass is 9.88. The van der Waals surface area contributed by atoms with E-state index in [1.54, 1.807) is 0 Å². The van der Waals surface area contributed by atoms with E-state index >= 15 is 0 Å². The van der Waals surface area contributed by atoms with Crippen LogP contribution in [-0.2, 0) is 4.79 Å². The number of amides is 1. The van der Waals surface area contributed by atoms with Gasteiger partial charge in [-0.1, -0.05) is 41.5 Å². The highest BCUT2D eigenvalue weighted by molar-refractivity contribution is 5.81. The Labute approximate surface area is 156 Å². The molecule has 2 aromatic carbocycles. The van der Waals surface area contributed by atoms with Crippen LogP contribution in [0.2, 0.25) is 0 Å². The number of benzene rings is 2. The standard InChI is InChI=1S/C20H20F2N4O/c1-12(13-5-3-2-4-6-13)24-20(27)18(14-7-8-14)19(25-26-23)15-9-10-16(21)17(22)11-15/h2-6,9-12,14,18-19H,7-8H2,1H3,(H,24,27)/t12-,18?,19?/m1/s1. The van der Waals surface area contributed by atoms with Crippen molar-refractivity contribution in [3.8, 4) is 0 Å². The summed E-state index contributed by atoms with van der Waals surface area (Å²) in [5.41, 5.74) is 10.2. The molecule has 5 nitrogen and oxygen atoms in total. The summed E-state index contributed by atoms with van der Waals surface area (Å²) in [4.78, 5) is 15.8. The van der Waals surface area contributed by atoms with Crippen LogP contribution in [0.3, 0.4) is 0 Å². The average Bonchev–Trinajstić information content (AvgIpc) is 3.49. The van der Waals surface area contributed by atoms with E-state index in [4.69, 9.17) is 5.53 Å². The molecule has 7 heteroatoms. The van der Waals surface area contributed by atoms with E-state index in [0.717, 1.165) is 30.5 Å². The minimum Gasteiger partial charge on any atom is -0.349 e. The molecule has 0 aromatic heterocycles. The number of nitrogens with zero attached hydrogens (tertiary/aromatic N) is 3. The fourth-order valence-electron chi connectivity index (χ4n) is 3.30. The highest BCUT2D eigenvalue weighted by Crippen LogP contribution is 2.45. The number of azide groups is 1. The van der Waals surface area contributed by atoms with Gasteiger partial charge in [0.25, 0.3) is 0 Å². The van der Waals surface area contributed by atoms with Gasteiger partial charge in [-0.05, 0) is 54.5 Å². The zero-order valence-corrected chi connectivity index (χ0v) is 14.8. The summed E-state index contributed by atoms with van der Waals surface area (Å²) in [5, 5.41) is 6.72. The number of hydrogen-bond donors (Lipinski definition) is 1. The van der Waals surface area contributed by atoms with Crippen molar-refractivity contribution >= 4 is 5.91 Å². The van der Waals surface area contributed by atoms with Gasteiger partial charge in [-0.25, -0.2) is 8.78 Å². The summed E-state index contributed by atoms with van der Waals surface area (Å²) in [6, 6.07) is 11.7. The maximum Gasteiger partial charge on any atom is 0.224 e. The molecular weight excluding hydrogens is 350 g/mol. The highest BCUT2D eigenvalue weighted by atomic mass is 19.2. The topological polar surface area (TPSA) is 77.9 Å². The smallest absolute Gasteiger partial charge is 0.224 e. The van der Waals surface area contributed by atoms with E-state index < -0.39 is 23.6 Å². The Morgan fingerprint density at radius 3 is 2.44 bits per heavy atom. The molecule has 2 aromatic rings. The molecule has 0 aliphatic heterocycles. The molecule has 27 heavy (non-hydrogen) atoms. The summed E-state index contributed by atoms with van der Waals surface area (Å²) >= 11 is 0. The first kappa shape index (κ1) is 18.9. The quantitative estimate of drug-likeness (QED) is 0.405. The van der Waals surface area contributed by atoms with Gasteiger partial charge in [0.05, 0.1) is 18.0 Å². The lowest BCUT2D eigenvalue weighted by Crippen LogP contribution is -2.36. The van der Waals surface area contributed by atoms with Crippen LogP contribution in [0.15, 0.2) is 53.6 Å². The van der Waals surface area contributed by atoms with Crippen LogP contribution in [0.5, 0.6) is 0 Å². The zero-order valence-electron chi connectivity index (χ0n) is 14.8. The third kappa shape index (κ3) is 4.44. The van der Waals surface area contributed by atoms with Crippen LogP contribution in [0.4, 0.5) is 8.78 Å². The third-order valence-corrected chi connectivity index (χ3v) is 4.89. The molecule has 0 heterocycles. The van der Waals surface area contributed by atoms with Gasteiger partial charge in [-0.3, -0.25) is 4.79 Å². The molecule has 0 radical (unpaired) electrons.